The second-order valence-corrected chi connectivity index (χ2v) is 11.1. The standard InChI is InChI=1S/C18H23BrF4N2O2S/c1-16(2,3)28(27)24-15(18(21,22)23)11-8-25(9-17(4,5)26)14-7-12(19)13(20)6-10(11)14/h6-8,15,24,26H,9H2,1-5H3/t15-,28-/m0/s1. The second-order valence-electron chi connectivity index (χ2n) is 8.28. The highest BCUT2D eigenvalue weighted by molar-refractivity contribution is 9.10. The number of hydrogen-bond donors (Lipinski definition) is 2. The number of hydrogen-bond acceptors (Lipinski definition) is 3. The molecule has 1 aromatic heterocycles. The van der Waals surface area contributed by atoms with E-state index in [9.17, 15) is 27.2 Å². The summed E-state index contributed by atoms with van der Waals surface area (Å²) in [6.45, 7) is 7.69. The molecule has 0 unspecified atom stereocenters. The van der Waals surface area contributed by atoms with Gasteiger partial charge in [-0.3, -0.25) is 0 Å². The number of nitrogens with one attached hydrogen (secondary N) is 1. The molecule has 0 saturated heterocycles. The van der Waals surface area contributed by atoms with Gasteiger partial charge in [-0.05, 0) is 62.7 Å². The topological polar surface area (TPSA) is 60.2 Å². The molecule has 2 atom stereocenters. The largest absolute Gasteiger partial charge is 0.598 e. The van der Waals surface area contributed by atoms with Crippen molar-refractivity contribution in [2.45, 2.75) is 63.7 Å². The first-order chi connectivity index (χ1) is 12.5. The van der Waals surface area contributed by atoms with Gasteiger partial charge in [0.2, 0.25) is 0 Å². The SMILES string of the molecule is CC(C)(O)Cn1cc([C@H](N[S@@+]([O-])C(C)(C)C)C(F)(F)F)c2cc(F)c(Br)cc21. The number of nitrogens with zero attached hydrogens (tertiary/aromatic N) is 1. The fourth-order valence-corrected chi connectivity index (χ4v) is 3.84. The van der Waals surface area contributed by atoms with Crippen molar-refractivity contribution in [1.82, 2.24) is 9.29 Å². The van der Waals surface area contributed by atoms with Crippen LogP contribution in [0.3, 0.4) is 0 Å². The fourth-order valence-electron chi connectivity index (χ4n) is 2.68. The maximum absolute atomic E-state index is 14.1. The van der Waals surface area contributed by atoms with Crippen LogP contribution in [0.15, 0.2) is 22.8 Å². The number of alkyl halides is 3. The number of benzene rings is 1. The van der Waals surface area contributed by atoms with Crippen molar-refractivity contribution >= 4 is 38.2 Å². The number of aliphatic hydroxyl groups is 1. The minimum atomic E-state index is -4.77. The lowest BCUT2D eigenvalue weighted by Crippen LogP contribution is -2.45. The molecule has 2 aromatic rings. The molecule has 0 aliphatic heterocycles. The summed E-state index contributed by atoms with van der Waals surface area (Å²) in [5.74, 6) is -0.715. The van der Waals surface area contributed by atoms with Crippen LogP contribution >= 0.6 is 15.9 Å². The van der Waals surface area contributed by atoms with Crippen LogP contribution in [0.5, 0.6) is 0 Å². The zero-order chi connectivity index (χ0) is 21.7. The highest BCUT2D eigenvalue weighted by Crippen LogP contribution is 2.40. The number of rotatable bonds is 5. The van der Waals surface area contributed by atoms with E-state index in [1.54, 1.807) is 20.8 Å². The third kappa shape index (κ3) is 5.41. The summed E-state index contributed by atoms with van der Waals surface area (Å²) in [7, 11) is 0. The van der Waals surface area contributed by atoms with Gasteiger partial charge in [0, 0.05) is 34.0 Å². The first-order valence-electron chi connectivity index (χ1n) is 8.45. The zero-order valence-electron chi connectivity index (χ0n) is 16.1. The van der Waals surface area contributed by atoms with Crippen LogP contribution in [0, 0.1) is 5.82 Å². The summed E-state index contributed by atoms with van der Waals surface area (Å²) in [5, 5.41) is 10.2. The van der Waals surface area contributed by atoms with Gasteiger partial charge in [-0.2, -0.15) is 13.2 Å². The highest BCUT2D eigenvalue weighted by Gasteiger charge is 2.47. The van der Waals surface area contributed by atoms with E-state index in [0.717, 1.165) is 6.07 Å². The monoisotopic (exact) mass is 486 g/mol. The molecule has 0 fully saturated rings. The molecule has 10 heteroatoms. The normalized spacial score (nSPS) is 15.9. The van der Waals surface area contributed by atoms with Gasteiger partial charge in [0.25, 0.3) is 0 Å². The van der Waals surface area contributed by atoms with Gasteiger partial charge in [0.15, 0.2) is 6.04 Å². The minimum Gasteiger partial charge on any atom is -0.598 e. The lowest BCUT2D eigenvalue weighted by Gasteiger charge is -2.29. The van der Waals surface area contributed by atoms with E-state index in [1.165, 1.54) is 30.7 Å². The van der Waals surface area contributed by atoms with Gasteiger partial charge in [-0.15, -0.1) is 4.72 Å². The van der Waals surface area contributed by atoms with E-state index in [2.05, 4.69) is 20.7 Å². The van der Waals surface area contributed by atoms with Crippen molar-refractivity contribution in [2.75, 3.05) is 0 Å². The molecule has 0 saturated carbocycles. The average molecular weight is 487 g/mol. The van der Waals surface area contributed by atoms with Crippen molar-refractivity contribution in [2.24, 2.45) is 0 Å². The summed E-state index contributed by atoms with van der Waals surface area (Å²) < 4.78 is 70.8. The summed E-state index contributed by atoms with van der Waals surface area (Å²) in [4.78, 5) is 0. The van der Waals surface area contributed by atoms with Gasteiger partial charge >= 0.3 is 6.18 Å². The van der Waals surface area contributed by atoms with Gasteiger partial charge in [-0.1, -0.05) is 0 Å². The second kappa shape index (κ2) is 7.79. The van der Waals surface area contributed by atoms with Crippen molar-refractivity contribution < 1.29 is 27.2 Å². The van der Waals surface area contributed by atoms with Gasteiger partial charge < -0.3 is 14.2 Å². The lowest BCUT2D eigenvalue weighted by molar-refractivity contribution is -0.152. The van der Waals surface area contributed by atoms with E-state index < -0.39 is 39.7 Å². The molecule has 1 aromatic carbocycles. The van der Waals surface area contributed by atoms with Crippen LogP contribution in [-0.2, 0) is 17.9 Å². The first-order valence-corrected chi connectivity index (χ1v) is 10.4. The number of halogens is 5. The Kier molecular flexibility index (Phi) is 6.53. The van der Waals surface area contributed by atoms with Crippen molar-refractivity contribution in [1.29, 1.82) is 0 Å². The Morgan fingerprint density at radius 2 is 1.79 bits per heavy atom. The lowest BCUT2D eigenvalue weighted by atomic mass is 10.1. The summed E-state index contributed by atoms with van der Waals surface area (Å²) in [6, 6.07) is 0.114. The quantitative estimate of drug-likeness (QED) is 0.463. The molecule has 0 aliphatic carbocycles. The van der Waals surface area contributed by atoms with Crippen LogP contribution < -0.4 is 4.72 Å². The average Bonchev–Trinajstić information content (AvgIpc) is 2.78. The predicted octanol–water partition coefficient (Wildman–Crippen LogP) is 4.97. The van der Waals surface area contributed by atoms with Gasteiger partial charge in [-0.25, -0.2) is 4.39 Å². The van der Waals surface area contributed by atoms with Crippen molar-refractivity contribution in [3.63, 3.8) is 0 Å². The molecule has 2 rings (SSSR count). The van der Waals surface area contributed by atoms with E-state index in [-0.39, 0.29) is 22.0 Å². The maximum atomic E-state index is 14.1. The Hall–Kier alpha value is -0.810. The minimum absolute atomic E-state index is 0.00545. The van der Waals surface area contributed by atoms with Crippen molar-refractivity contribution in [3.8, 4) is 0 Å². The molecular formula is C18H23BrF4N2O2S. The highest BCUT2D eigenvalue weighted by atomic mass is 79.9. The Morgan fingerprint density at radius 1 is 1.21 bits per heavy atom. The molecule has 0 aliphatic rings. The number of aromatic nitrogens is 1. The molecule has 28 heavy (non-hydrogen) atoms. The zero-order valence-corrected chi connectivity index (χ0v) is 18.5. The smallest absolute Gasteiger partial charge is 0.412 e. The molecule has 1 heterocycles. The molecule has 158 valence electrons. The summed E-state index contributed by atoms with van der Waals surface area (Å²) >= 11 is 1.04. The van der Waals surface area contributed by atoms with Crippen LogP contribution in [0.25, 0.3) is 10.9 Å². The van der Waals surface area contributed by atoms with Crippen LogP contribution in [0.1, 0.15) is 46.2 Å². The van der Waals surface area contributed by atoms with E-state index in [0.29, 0.717) is 5.52 Å². The fraction of sp³-hybridized carbons (Fsp3) is 0.556. The third-order valence-electron chi connectivity index (χ3n) is 3.93. The summed E-state index contributed by atoms with van der Waals surface area (Å²) in [5.41, 5.74) is -1.14. The molecule has 0 amide bonds. The van der Waals surface area contributed by atoms with Crippen LogP contribution in [-0.4, -0.2) is 30.8 Å². The molecule has 0 radical (unpaired) electrons. The van der Waals surface area contributed by atoms with E-state index in [4.69, 9.17) is 0 Å². The molecule has 4 nitrogen and oxygen atoms in total. The molecule has 0 bridgehead atoms. The van der Waals surface area contributed by atoms with Gasteiger partial charge in [0.1, 0.15) is 10.6 Å². The van der Waals surface area contributed by atoms with Crippen molar-refractivity contribution in [3.05, 3.63) is 34.2 Å². The molecule has 2 N–H and O–H groups in total. The Balaban J connectivity index is 2.69. The first kappa shape index (κ1) is 23.5. The Bertz CT molecular complexity index is 856. The molecule has 0 spiro atoms. The van der Waals surface area contributed by atoms with Crippen LogP contribution in [0.2, 0.25) is 0 Å². The molecular weight excluding hydrogens is 464 g/mol. The third-order valence-corrected chi connectivity index (χ3v) is 6.10. The van der Waals surface area contributed by atoms with Crippen LogP contribution in [0.4, 0.5) is 17.6 Å². The van der Waals surface area contributed by atoms with E-state index >= 15 is 0 Å². The Morgan fingerprint density at radius 3 is 2.25 bits per heavy atom. The van der Waals surface area contributed by atoms with Gasteiger partial charge in [0.05, 0.1) is 16.6 Å². The summed E-state index contributed by atoms with van der Waals surface area (Å²) in [6.07, 6.45) is -3.54. The Labute approximate surface area is 172 Å². The predicted molar refractivity (Wildman–Crippen MR) is 106 cm³/mol. The van der Waals surface area contributed by atoms with E-state index in [1.807, 2.05) is 0 Å². The maximum Gasteiger partial charge on any atom is 0.412 e. The number of fused-ring (bicyclic) bond motifs is 1.